The van der Waals surface area contributed by atoms with Gasteiger partial charge in [0.15, 0.2) is 0 Å². The van der Waals surface area contributed by atoms with E-state index in [0.29, 0.717) is 13.0 Å². The summed E-state index contributed by atoms with van der Waals surface area (Å²) in [6.07, 6.45) is 0.841. The molecule has 0 atom stereocenters. The molecule has 3 rings (SSSR count). The quantitative estimate of drug-likeness (QED) is 0.609. The number of rotatable bonds is 9. The molecule has 33 heavy (non-hydrogen) atoms. The zero-order valence-corrected chi connectivity index (χ0v) is 20.0. The van der Waals surface area contributed by atoms with Gasteiger partial charge in [0.1, 0.15) is 0 Å². The van der Waals surface area contributed by atoms with Gasteiger partial charge in [-0.15, -0.1) is 0 Å². The van der Waals surface area contributed by atoms with E-state index >= 15 is 0 Å². The molecule has 0 spiro atoms. The number of nitrogens with zero attached hydrogens (tertiary/aromatic N) is 3. The minimum Gasteiger partial charge on any atom is -0.352 e. The maximum Gasteiger partial charge on any atom is 0.243 e. The molecule has 1 aliphatic rings. The topological polar surface area (TPSA) is 99.2 Å². The van der Waals surface area contributed by atoms with Crippen LogP contribution in [0.25, 0.3) is 0 Å². The van der Waals surface area contributed by atoms with E-state index in [0.717, 1.165) is 16.8 Å². The zero-order valence-electron chi connectivity index (χ0n) is 19.2. The number of sulfonamides is 1. The van der Waals surface area contributed by atoms with Crippen molar-refractivity contribution in [1.82, 2.24) is 14.6 Å². The normalized spacial score (nSPS) is 14.0. The summed E-state index contributed by atoms with van der Waals surface area (Å²) < 4.78 is 26.4. The van der Waals surface area contributed by atoms with Gasteiger partial charge >= 0.3 is 0 Å². The van der Waals surface area contributed by atoms with Gasteiger partial charge in [-0.05, 0) is 37.1 Å². The molecule has 0 bridgehead atoms. The molecular formula is C24H30N4O4S. The second-order valence-electron chi connectivity index (χ2n) is 8.22. The predicted molar refractivity (Wildman–Crippen MR) is 127 cm³/mol. The summed E-state index contributed by atoms with van der Waals surface area (Å²) in [5, 5.41) is 8.60. The van der Waals surface area contributed by atoms with Gasteiger partial charge < -0.3 is 5.32 Å². The largest absolute Gasteiger partial charge is 0.352 e. The number of hydrazone groups is 1. The van der Waals surface area contributed by atoms with E-state index < -0.39 is 10.0 Å². The first-order chi connectivity index (χ1) is 15.7. The van der Waals surface area contributed by atoms with Gasteiger partial charge in [0, 0.05) is 38.9 Å². The number of hydrogen-bond acceptors (Lipinski definition) is 5. The lowest BCUT2D eigenvalue weighted by atomic mass is 10.1. The smallest absolute Gasteiger partial charge is 0.243 e. The van der Waals surface area contributed by atoms with Gasteiger partial charge in [-0.2, -0.15) is 9.41 Å². The lowest BCUT2D eigenvalue weighted by molar-refractivity contribution is -0.133. The van der Waals surface area contributed by atoms with Crippen LogP contribution in [-0.2, 0) is 26.2 Å². The Morgan fingerprint density at radius 2 is 1.73 bits per heavy atom. The Morgan fingerprint density at radius 3 is 2.36 bits per heavy atom. The Morgan fingerprint density at radius 1 is 1.06 bits per heavy atom. The molecule has 2 aromatic rings. The Balaban J connectivity index is 1.46. The van der Waals surface area contributed by atoms with E-state index in [-0.39, 0.29) is 42.1 Å². The predicted octanol–water partition coefficient (Wildman–Crippen LogP) is 2.75. The fourth-order valence-electron chi connectivity index (χ4n) is 3.33. The Bertz CT molecular complexity index is 1110. The summed E-state index contributed by atoms with van der Waals surface area (Å²) in [6, 6.07) is 16.0. The van der Waals surface area contributed by atoms with Crippen LogP contribution in [0.2, 0.25) is 0 Å². The molecule has 0 radical (unpaired) electrons. The van der Waals surface area contributed by atoms with Crippen LogP contribution in [0.4, 0.5) is 0 Å². The second-order valence-corrected chi connectivity index (χ2v) is 10.2. The highest BCUT2D eigenvalue weighted by molar-refractivity contribution is 7.89. The highest BCUT2D eigenvalue weighted by Gasteiger charge is 2.23. The highest BCUT2D eigenvalue weighted by Crippen LogP contribution is 2.17. The van der Waals surface area contributed by atoms with Crippen LogP contribution >= 0.6 is 0 Å². The Labute approximate surface area is 195 Å². The van der Waals surface area contributed by atoms with Crippen LogP contribution in [-0.4, -0.2) is 54.9 Å². The molecule has 0 fully saturated rings. The monoisotopic (exact) mass is 470 g/mol. The molecule has 0 aromatic heterocycles. The summed E-state index contributed by atoms with van der Waals surface area (Å²) in [4.78, 5) is 24.8. The third kappa shape index (κ3) is 6.27. The van der Waals surface area contributed by atoms with Crippen LogP contribution in [0.5, 0.6) is 0 Å². The van der Waals surface area contributed by atoms with Gasteiger partial charge in [-0.3, -0.25) is 9.59 Å². The molecule has 0 saturated carbocycles. The summed E-state index contributed by atoms with van der Waals surface area (Å²) in [6.45, 7) is 4.40. The summed E-state index contributed by atoms with van der Waals surface area (Å²) in [5.41, 5.74) is 2.65. The van der Waals surface area contributed by atoms with Crippen LogP contribution in [0, 0.1) is 0 Å². The van der Waals surface area contributed by atoms with Crippen molar-refractivity contribution in [2.24, 2.45) is 5.10 Å². The molecule has 2 aromatic carbocycles. The fraction of sp³-hybridized carbons (Fsp3) is 0.375. The zero-order chi connectivity index (χ0) is 24.0. The van der Waals surface area contributed by atoms with Gasteiger partial charge in [-0.25, -0.2) is 13.4 Å². The first kappa shape index (κ1) is 24.6. The second kappa shape index (κ2) is 10.7. The number of nitrogens with one attached hydrogen (secondary N) is 1. The van der Waals surface area contributed by atoms with E-state index in [9.17, 15) is 18.0 Å². The van der Waals surface area contributed by atoms with Crippen LogP contribution in [0.3, 0.4) is 0 Å². The molecule has 2 amide bonds. The maximum absolute atomic E-state index is 12.5. The lowest BCUT2D eigenvalue weighted by Gasteiger charge is -2.21. The van der Waals surface area contributed by atoms with Gasteiger partial charge in [0.2, 0.25) is 21.8 Å². The fourth-order valence-corrected chi connectivity index (χ4v) is 4.70. The minimum atomic E-state index is -3.54. The Hall–Kier alpha value is -3.04. The molecule has 0 aliphatic carbocycles. The van der Waals surface area contributed by atoms with Crippen LogP contribution in [0.15, 0.2) is 64.6 Å². The number of amides is 2. The summed E-state index contributed by atoms with van der Waals surface area (Å²) >= 11 is 0. The van der Waals surface area contributed by atoms with Gasteiger partial charge in [-0.1, -0.05) is 42.5 Å². The van der Waals surface area contributed by atoms with Crippen molar-refractivity contribution in [3.8, 4) is 0 Å². The molecule has 0 unspecified atom stereocenters. The molecule has 1 aliphatic heterocycles. The van der Waals surface area contributed by atoms with Gasteiger partial charge in [0.05, 0.1) is 17.2 Å². The Kier molecular flexibility index (Phi) is 7.99. The van der Waals surface area contributed by atoms with Crippen molar-refractivity contribution >= 4 is 27.5 Å². The molecule has 176 valence electrons. The van der Waals surface area contributed by atoms with Crippen LogP contribution in [0.1, 0.15) is 44.2 Å². The first-order valence-electron chi connectivity index (χ1n) is 11.0. The van der Waals surface area contributed by atoms with Crippen molar-refractivity contribution in [2.45, 2.75) is 50.6 Å². The average molecular weight is 471 g/mol. The number of hydrogen-bond donors (Lipinski definition) is 1. The molecule has 0 saturated heterocycles. The standard InChI is InChI=1S/C24H30N4O4S/c1-18(2)27(3)33(31,32)21-11-9-19(10-12-21)17-25-23(29)13-14-24(30)28-16-15-22(26-28)20-7-5-4-6-8-20/h4-12,18H,13-17H2,1-3H3,(H,25,29). The third-order valence-corrected chi connectivity index (χ3v) is 7.63. The van der Waals surface area contributed by atoms with Crippen molar-refractivity contribution in [1.29, 1.82) is 0 Å². The van der Waals surface area contributed by atoms with E-state index in [2.05, 4.69) is 10.4 Å². The van der Waals surface area contributed by atoms with Crippen molar-refractivity contribution < 1.29 is 18.0 Å². The number of benzene rings is 2. The molecular weight excluding hydrogens is 440 g/mol. The molecule has 1 N–H and O–H groups in total. The van der Waals surface area contributed by atoms with Crippen molar-refractivity contribution in [2.75, 3.05) is 13.6 Å². The maximum atomic E-state index is 12.5. The summed E-state index contributed by atoms with van der Waals surface area (Å²) in [5.74, 6) is -0.425. The number of carbonyl (C=O) groups is 2. The van der Waals surface area contributed by atoms with E-state index in [1.807, 2.05) is 44.2 Å². The SMILES string of the molecule is CC(C)N(C)S(=O)(=O)c1ccc(CNC(=O)CCC(=O)N2CCC(c3ccccc3)=N2)cc1. The van der Waals surface area contributed by atoms with Crippen molar-refractivity contribution in [3.63, 3.8) is 0 Å². The molecule has 8 nitrogen and oxygen atoms in total. The van der Waals surface area contributed by atoms with E-state index in [4.69, 9.17) is 0 Å². The van der Waals surface area contributed by atoms with E-state index in [1.165, 1.54) is 21.4 Å². The first-order valence-corrected chi connectivity index (χ1v) is 12.4. The molecule has 9 heteroatoms. The van der Waals surface area contributed by atoms with E-state index in [1.54, 1.807) is 19.2 Å². The third-order valence-electron chi connectivity index (χ3n) is 5.58. The average Bonchev–Trinajstić information content (AvgIpc) is 3.32. The minimum absolute atomic E-state index is 0.0666. The highest BCUT2D eigenvalue weighted by atomic mass is 32.2. The number of carbonyl (C=O) groups excluding carboxylic acids is 2. The van der Waals surface area contributed by atoms with Crippen LogP contribution < -0.4 is 5.32 Å². The lowest BCUT2D eigenvalue weighted by Crippen LogP contribution is -2.33. The van der Waals surface area contributed by atoms with Gasteiger partial charge in [0.25, 0.3) is 0 Å². The summed E-state index contributed by atoms with van der Waals surface area (Å²) in [7, 11) is -1.99. The molecule has 1 heterocycles. The van der Waals surface area contributed by atoms with Crippen molar-refractivity contribution in [3.05, 3.63) is 65.7 Å².